The SMILES string of the molecule is CC=C[C@H](CC(=O)O)c1ccc(OCc2ccc3cnn(CC4(C)COC4)c3c2)cc1. The van der Waals surface area contributed by atoms with Gasteiger partial charge in [0.15, 0.2) is 0 Å². The summed E-state index contributed by atoms with van der Waals surface area (Å²) in [4.78, 5) is 11.1. The molecule has 1 aliphatic heterocycles. The Morgan fingerprint density at radius 2 is 2.06 bits per heavy atom. The average molecular weight is 421 g/mol. The summed E-state index contributed by atoms with van der Waals surface area (Å²) in [5, 5.41) is 14.8. The van der Waals surface area contributed by atoms with Gasteiger partial charge in [-0.2, -0.15) is 5.10 Å². The molecule has 3 aromatic rings. The number of hydrogen-bond acceptors (Lipinski definition) is 4. The Balaban J connectivity index is 1.43. The van der Waals surface area contributed by atoms with E-state index in [2.05, 4.69) is 34.9 Å². The van der Waals surface area contributed by atoms with Crippen LogP contribution in [0, 0.1) is 5.41 Å². The molecule has 1 aliphatic rings. The number of ether oxygens (including phenoxy) is 2. The van der Waals surface area contributed by atoms with E-state index in [0.717, 1.165) is 47.5 Å². The van der Waals surface area contributed by atoms with E-state index in [0.29, 0.717) is 6.61 Å². The lowest BCUT2D eigenvalue weighted by Crippen LogP contribution is -2.43. The number of fused-ring (bicyclic) bond motifs is 1. The van der Waals surface area contributed by atoms with Crippen molar-refractivity contribution >= 4 is 16.9 Å². The van der Waals surface area contributed by atoms with Crippen molar-refractivity contribution in [3.63, 3.8) is 0 Å². The molecule has 0 bridgehead atoms. The molecule has 1 N–H and O–H groups in total. The summed E-state index contributed by atoms with van der Waals surface area (Å²) in [7, 11) is 0. The van der Waals surface area contributed by atoms with Gasteiger partial charge in [-0.05, 0) is 36.2 Å². The summed E-state index contributed by atoms with van der Waals surface area (Å²) < 4.78 is 13.4. The van der Waals surface area contributed by atoms with E-state index in [9.17, 15) is 4.79 Å². The zero-order valence-electron chi connectivity index (χ0n) is 18.0. The van der Waals surface area contributed by atoms with Crippen LogP contribution in [-0.4, -0.2) is 34.1 Å². The van der Waals surface area contributed by atoms with Gasteiger partial charge in [0.05, 0.1) is 37.9 Å². The van der Waals surface area contributed by atoms with Crippen molar-refractivity contribution in [1.82, 2.24) is 9.78 Å². The highest BCUT2D eigenvalue weighted by Crippen LogP contribution is 2.30. The molecule has 0 amide bonds. The highest BCUT2D eigenvalue weighted by Gasteiger charge is 2.34. The summed E-state index contributed by atoms with van der Waals surface area (Å²) in [6.07, 6.45) is 5.78. The minimum absolute atomic E-state index is 0.0728. The van der Waals surface area contributed by atoms with Crippen molar-refractivity contribution in [2.24, 2.45) is 5.41 Å². The van der Waals surface area contributed by atoms with E-state index >= 15 is 0 Å². The van der Waals surface area contributed by atoms with Crippen molar-refractivity contribution in [1.29, 1.82) is 0 Å². The van der Waals surface area contributed by atoms with Crippen molar-refractivity contribution < 1.29 is 19.4 Å². The first kappa shape index (κ1) is 21.1. The fourth-order valence-corrected chi connectivity index (χ4v) is 3.93. The van der Waals surface area contributed by atoms with E-state index in [1.165, 1.54) is 0 Å². The molecule has 1 atom stereocenters. The van der Waals surface area contributed by atoms with Gasteiger partial charge in [-0.25, -0.2) is 0 Å². The molecular weight excluding hydrogens is 392 g/mol. The number of carbonyl (C=O) groups is 1. The molecule has 162 valence electrons. The van der Waals surface area contributed by atoms with Crippen LogP contribution in [0.1, 0.15) is 37.3 Å². The molecule has 2 aromatic carbocycles. The maximum absolute atomic E-state index is 11.1. The van der Waals surface area contributed by atoms with E-state index in [4.69, 9.17) is 14.6 Å². The number of carboxylic acids is 1. The maximum Gasteiger partial charge on any atom is 0.304 e. The fraction of sp³-hybridized carbons (Fsp3) is 0.360. The second kappa shape index (κ2) is 8.94. The minimum atomic E-state index is -0.808. The van der Waals surface area contributed by atoms with Crippen molar-refractivity contribution in [3.05, 3.63) is 71.9 Å². The van der Waals surface area contributed by atoms with Gasteiger partial charge in [0, 0.05) is 16.7 Å². The predicted octanol–water partition coefficient (Wildman–Crippen LogP) is 4.79. The third-order valence-electron chi connectivity index (χ3n) is 5.67. The molecule has 4 rings (SSSR count). The smallest absolute Gasteiger partial charge is 0.304 e. The standard InChI is InChI=1S/C25H28N2O4/c1-3-4-20(12-24(28)29)19-7-9-22(10-8-19)31-14-18-5-6-21-13-26-27(23(21)11-18)15-25(2)16-30-17-25/h3-11,13,20H,12,14-17H2,1-2H3,(H,28,29)/t20-/m1/s1. The number of aliphatic carboxylic acids is 1. The molecule has 6 nitrogen and oxygen atoms in total. The first-order chi connectivity index (χ1) is 15.0. The molecule has 0 spiro atoms. The number of benzene rings is 2. The van der Waals surface area contributed by atoms with Crippen LogP contribution >= 0.6 is 0 Å². The van der Waals surface area contributed by atoms with Crippen LogP contribution in [0.4, 0.5) is 0 Å². The normalized spacial score (nSPS) is 16.3. The summed E-state index contributed by atoms with van der Waals surface area (Å²) in [5.74, 6) is -0.190. The lowest BCUT2D eigenvalue weighted by molar-refractivity contribution is -0.137. The number of rotatable bonds is 9. The molecule has 31 heavy (non-hydrogen) atoms. The van der Waals surface area contributed by atoms with Crippen molar-refractivity contribution in [2.45, 2.75) is 39.3 Å². The van der Waals surface area contributed by atoms with Crippen LogP contribution in [0.2, 0.25) is 0 Å². The third kappa shape index (κ3) is 4.97. The predicted molar refractivity (Wildman–Crippen MR) is 119 cm³/mol. The molecule has 0 unspecified atom stereocenters. The van der Waals surface area contributed by atoms with E-state index in [-0.39, 0.29) is 17.8 Å². The van der Waals surface area contributed by atoms with Crippen LogP contribution in [0.5, 0.6) is 5.75 Å². The Hall–Kier alpha value is -3.12. The van der Waals surface area contributed by atoms with E-state index in [1.54, 1.807) is 0 Å². The molecule has 1 fully saturated rings. The van der Waals surface area contributed by atoms with Gasteiger partial charge < -0.3 is 14.6 Å². The highest BCUT2D eigenvalue weighted by atomic mass is 16.5. The van der Waals surface area contributed by atoms with Gasteiger partial charge >= 0.3 is 5.97 Å². The van der Waals surface area contributed by atoms with E-state index < -0.39 is 5.97 Å². The van der Waals surface area contributed by atoms with Gasteiger partial charge in [-0.3, -0.25) is 9.48 Å². The molecule has 6 heteroatoms. The zero-order valence-corrected chi connectivity index (χ0v) is 18.0. The summed E-state index contributed by atoms with van der Waals surface area (Å²) in [5.41, 5.74) is 3.30. The fourth-order valence-electron chi connectivity index (χ4n) is 3.93. The molecule has 1 aromatic heterocycles. The number of allylic oxidation sites excluding steroid dienone is 2. The Kier molecular flexibility index (Phi) is 6.09. The second-order valence-corrected chi connectivity index (χ2v) is 8.59. The lowest BCUT2D eigenvalue weighted by Gasteiger charge is -2.37. The summed E-state index contributed by atoms with van der Waals surface area (Å²) in [6, 6.07) is 13.9. The Labute approximate surface area is 182 Å². The van der Waals surface area contributed by atoms with Gasteiger partial charge in [0.2, 0.25) is 0 Å². The first-order valence-corrected chi connectivity index (χ1v) is 10.6. The van der Waals surface area contributed by atoms with Crippen LogP contribution in [0.3, 0.4) is 0 Å². The number of aromatic nitrogens is 2. The van der Waals surface area contributed by atoms with Gasteiger partial charge in [0.1, 0.15) is 12.4 Å². The molecular formula is C25H28N2O4. The Morgan fingerprint density at radius 3 is 2.71 bits per heavy atom. The number of nitrogens with zero attached hydrogens (tertiary/aromatic N) is 2. The first-order valence-electron chi connectivity index (χ1n) is 10.6. The molecule has 0 radical (unpaired) electrons. The minimum Gasteiger partial charge on any atom is -0.489 e. The van der Waals surface area contributed by atoms with Crippen LogP contribution < -0.4 is 4.74 Å². The highest BCUT2D eigenvalue weighted by molar-refractivity contribution is 5.79. The van der Waals surface area contributed by atoms with Gasteiger partial charge in [-0.15, -0.1) is 0 Å². The van der Waals surface area contributed by atoms with Crippen LogP contribution in [0.15, 0.2) is 60.8 Å². The zero-order chi connectivity index (χ0) is 21.8. The summed E-state index contributed by atoms with van der Waals surface area (Å²) in [6.45, 7) is 6.96. The topological polar surface area (TPSA) is 73.6 Å². The average Bonchev–Trinajstić information content (AvgIpc) is 3.13. The van der Waals surface area contributed by atoms with Crippen molar-refractivity contribution in [3.8, 4) is 5.75 Å². The monoisotopic (exact) mass is 420 g/mol. The lowest BCUT2D eigenvalue weighted by atomic mass is 9.89. The molecule has 0 saturated carbocycles. The quantitative estimate of drug-likeness (QED) is 0.504. The summed E-state index contributed by atoms with van der Waals surface area (Å²) >= 11 is 0. The van der Waals surface area contributed by atoms with Crippen LogP contribution in [-0.2, 0) is 22.7 Å². The second-order valence-electron chi connectivity index (χ2n) is 8.59. The number of hydrogen-bond donors (Lipinski definition) is 1. The molecule has 1 saturated heterocycles. The van der Waals surface area contributed by atoms with Crippen LogP contribution in [0.25, 0.3) is 10.9 Å². The van der Waals surface area contributed by atoms with Crippen molar-refractivity contribution in [2.75, 3.05) is 13.2 Å². The molecule has 0 aliphatic carbocycles. The number of carboxylic acid groups (broad SMARTS) is 1. The third-order valence-corrected chi connectivity index (χ3v) is 5.67. The van der Waals surface area contributed by atoms with E-state index in [1.807, 2.05) is 49.5 Å². The molecule has 2 heterocycles. The van der Waals surface area contributed by atoms with Gasteiger partial charge in [-0.1, -0.05) is 43.3 Å². The largest absolute Gasteiger partial charge is 0.489 e. The van der Waals surface area contributed by atoms with Gasteiger partial charge in [0.25, 0.3) is 0 Å². The Bertz CT molecular complexity index is 1080. The maximum atomic E-state index is 11.1. The Morgan fingerprint density at radius 1 is 1.29 bits per heavy atom.